The fraction of sp³-hybridized carbons (Fsp3) is 0.455. The summed E-state index contributed by atoms with van der Waals surface area (Å²) < 4.78 is 1.02. The van der Waals surface area contributed by atoms with Crippen LogP contribution in [0.15, 0.2) is 22.7 Å². The number of benzene rings is 1. The summed E-state index contributed by atoms with van der Waals surface area (Å²) in [5.74, 6) is 0.442. The van der Waals surface area contributed by atoms with Gasteiger partial charge in [-0.2, -0.15) is 0 Å². The molecule has 1 saturated carbocycles. The van der Waals surface area contributed by atoms with Gasteiger partial charge in [0.1, 0.15) is 0 Å². The molecule has 0 bridgehead atoms. The molecule has 1 aliphatic rings. The minimum Gasteiger partial charge on any atom is -0.327 e. The summed E-state index contributed by atoms with van der Waals surface area (Å²) >= 11 is 9.43. The van der Waals surface area contributed by atoms with Crippen molar-refractivity contribution >= 4 is 27.5 Å². The van der Waals surface area contributed by atoms with Gasteiger partial charge in [0.2, 0.25) is 0 Å². The summed E-state index contributed by atoms with van der Waals surface area (Å²) in [7, 11) is 0. The first-order valence-electron chi connectivity index (χ1n) is 4.64. The average Bonchev–Trinajstić information content (AvgIpc) is 2.48. The van der Waals surface area contributed by atoms with Crippen molar-refractivity contribution < 1.29 is 0 Å². The Labute approximate surface area is 97.8 Å². The van der Waals surface area contributed by atoms with Gasteiger partial charge in [-0.1, -0.05) is 41.4 Å². The van der Waals surface area contributed by atoms with Crippen LogP contribution in [0.5, 0.6) is 0 Å². The van der Waals surface area contributed by atoms with Crippen LogP contribution < -0.4 is 5.73 Å². The van der Waals surface area contributed by atoms with Crippen molar-refractivity contribution in [1.82, 2.24) is 0 Å². The molecule has 1 fully saturated rings. The van der Waals surface area contributed by atoms with E-state index < -0.39 is 0 Å². The average molecular weight is 275 g/mol. The molecule has 1 nitrogen and oxygen atoms in total. The number of rotatable bonds is 1. The van der Waals surface area contributed by atoms with Crippen molar-refractivity contribution in [2.45, 2.75) is 25.8 Å². The molecule has 0 amide bonds. The molecule has 0 saturated heterocycles. The third kappa shape index (κ3) is 1.60. The van der Waals surface area contributed by atoms with E-state index in [-0.39, 0.29) is 11.5 Å². The smallest absolute Gasteiger partial charge is 0.0420 e. The number of halogens is 2. The van der Waals surface area contributed by atoms with Crippen LogP contribution in [0, 0.1) is 5.41 Å². The summed E-state index contributed by atoms with van der Waals surface area (Å²) in [6.45, 7) is 4.38. The van der Waals surface area contributed by atoms with Gasteiger partial charge in [0.25, 0.3) is 0 Å². The summed E-state index contributed by atoms with van der Waals surface area (Å²) in [4.78, 5) is 0. The molecule has 0 aliphatic heterocycles. The molecule has 2 N–H and O–H groups in total. The quantitative estimate of drug-likeness (QED) is 0.833. The van der Waals surface area contributed by atoms with Crippen LogP contribution in [0.25, 0.3) is 0 Å². The monoisotopic (exact) mass is 273 g/mol. The lowest BCUT2D eigenvalue weighted by molar-refractivity contribution is 0.599. The highest BCUT2D eigenvalue weighted by molar-refractivity contribution is 9.10. The number of hydrogen-bond acceptors (Lipinski definition) is 1. The molecule has 2 rings (SSSR count). The second kappa shape index (κ2) is 3.22. The van der Waals surface area contributed by atoms with E-state index in [1.54, 1.807) is 0 Å². The van der Waals surface area contributed by atoms with Gasteiger partial charge in [-0.25, -0.2) is 0 Å². The van der Waals surface area contributed by atoms with Crippen molar-refractivity contribution in [3.8, 4) is 0 Å². The first kappa shape index (κ1) is 10.5. The third-order valence-electron chi connectivity index (χ3n) is 3.15. The molecule has 0 radical (unpaired) electrons. The zero-order valence-corrected chi connectivity index (χ0v) is 10.6. The Bertz CT molecular complexity index is 355. The Morgan fingerprint density at radius 3 is 2.36 bits per heavy atom. The van der Waals surface area contributed by atoms with Crippen LogP contribution in [-0.4, -0.2) is 6.04 Å². The van der Waals surface area contributed by atoms with E-state index in [1.165, 1.54) is 5.56 Å². The minimum atomic E-state index is 0.212. The van der Waals surface area contributed by atoms with Gasteiger partial charge in [0.05, 0.1) is 0 Å². The minimum absolute atomic E-state index is 0.212. The van der Waals surface area contributed by atoms with Gasteiger partial charge in [0, 0.05) is 21.5 Å². The maximum absolute atomic E-state index is 6.02. The lowest BCUT2D eigenvalue weighted by Crippen LogP contribution is -2.06. The van der Waals surface area contributed by atoms with Crippen molar-refractivity contribution in [1.29, 1.82) is 0 Å². The molecular formula is C11H13BrClN. The van der Waals surface area contributed by atoms with Crippen molar-refractivity contribution in [2.24, 2.45) is 11.1 Å². The van der Waals surface area contributed by atoms with Gasteiger partial charge in [-0.3, -0.25) is 0 Å². The van der Waals surface area contributed by atoms with E-state index in [0.717, 1.165) is 9.50 Å². The first-order valence-corrected chi connectivity index (χ1v) is 5.81. The molecule has 0 spiro atoms. The summed E-state index contributed by atoms with van der Waals surface area (Å²) in [5, 5.41) is 0.768. The standard InChI is InChI=1S/C11H13BrClN/c1-11(2)9(10(11)14)6-3-7(12)5-8(13)4-6/h3-5,9-10H,14H2,1-2H3/t9-,10-/m0/s1. The molecule has 0 aromatic heterocycles. The fourth-order valence-corrected chi connectivity index (χ4v) is 2.96. The third-order valence-corrected chi connectivity index (χ3v) is 3.83. The molecule has 1 aromatic carbocycles. The molecule has 3 heteroatoms. The van der Waals surface area contributed by atoms with Crippen LogP contribution >= 0.6 is 27.5 Å². The molecular weight excluding hydrogens is 261 g/mol. The molecule has 14 heavy (non-hydrogen) atoms. The number of hydrogen-bond donors (Lipinski definition) is 1. The molecule has 1 aliphatic carbocycles. The van der Waals surface area contributed by atoms with Crippen LogP contribution in [0.3, 0.4) is 0 Å². The largest absolute Gasteiger partial charge is 0.327 e. The van der Waals surface area contributed by atoms with Crippen LogP contribution in [0.1, 0.15) is 25.3 Å². The second-order valence-corrected chi connectivity index (χ2v) is 5.88. The first-order chi connectivity index (χ1) is 6.43. The molecule has 2 atom stereocenters. The van der Waals surface area contributed by atoms with E-state index in [1.807, 2.05) is 12.1 Å². The molecule has 0 heterocycles. The van der Waals surface area contributed by atoms with Crippen molar-refractivity contribution in [3.05, 3.63) is 33.3 Å². The summed E-state index contributed by atoms with van der Waals surface area (Å²) in [6.07, 6.45) is 0. The predicted octanol–water partition coefficient (Wildman–Crippen LogP) is 3.55. The number of nitrogens with two attached hydrogens (primary N) is 1. The summed E-state index contributed by atoms with van der Waals surface area (Å²) in [5.41, 5.74) is 7.47. The molecule has 76 valence electrons. The van der Waals surface area contributed by atoms with E-state index >= 15 is 0 Å². The van der Waals surface area contributed by atoms with E-state index in [9.17, 15) is 0 Å². The fourth-order valence-electron chi connectivity index (χ4n) is 2.07. The lowest BCUT2D eigenvalue weighted by atomic mass is 10.0. The van der Waals surface area contributed by atoms with Gasteiger partial charge >= 0.3 is 0 Å². The van der Waals surface area contributed by atoms with Gasteiger partial charge in [0.15, 0.2) is 0 Å². The predicted molar refractivity (Wildman–Crippen MR) is 63.6 cm³/mol. The zero-order valence-electron chi connectivity index (χ0n) is 8.22. The van der Waals surface area contributed by atoms with Crippen LogP contribution in [0.4, 0.5) is 0 Å². The Balaban J connectivity index is 2.35. The Morgan fingerprint density at radius 1 is 1.36 bits per heavy atom. The molecule has 0 unspecified atom stereocenters. The highest BCUT2D eigenvalue weighted by Gasteiger charge is 2.56. The maximum atomic E-state index is 6.02. The van der Waals surface area contributed by atoms with E-state index in [2.05, 4.69) is 35.8 Å². The van der Waals surface area contributed by atoms with Crippen LogP contribution in [0.2, 0.25) is 5.02 Å². The van der Waals surface area contributed by atoms with Crippen LogP contribution in [-0.2, 0) is 0 Å². The lowest BCUT2D eigenvalue weighted by Gasteiger charge is -2.04. The Kier molecular flexibility index (Phi) is 2.41. The van der Waals surface area contributed by atoms with Gasteiger partial charge in [-0.15, -0.1) is 0 Å². The SMILES string of the molecule is CC1(C)[C@@H](N)[C@@H]1c1cc(Cl)cc(Br)c1. The van der Waals surface area contributed by atoms with Gasteiger partial charge < -0.3 is 5.73 Å². The normalized spacial score (nSPS) is 28.9. The Morgan fingerprint density at radius 2 is 1.93 bits per heavy atom. The van der Waals surface area contributed by atoms with E-state index in [0.29, 0.717) is 5.92 Å². The Hall–Kier alpha value is -0.0500. The van der Waals surface area contributed by atoms with Crippen molar-refractivity contribution in [3.63, 3.8) is 0 Å². The maximum Gasteiger partial charge on any atom is 0.0420 e. The highest BCUT2D eigenvalue weighted by Crippen LogP contribution is 2.57. The zero-order chi connectivity index (χ0) is 10.5. The van der Waals surface area contributed by atoms with E-state index in [4.69, 9.17) is 17.3 Å². The topological polar surface area (TPSA) is 26.0 Å². The highest BCUT2D eigenvalue weighted by atomic mass is 79.9. The van der Waals surface area contributed by atoms with Gasteiger partial charge in [-0.05, 0) is 29.2 Å². The van der Waals surface area contributed by atoms with Crippen molar-refractivity contribution in [2.75, 3.05) is 0 Å². The summed E-state index contributed by atoms with van der Waals surface area (Å²) in [6, 6.07) is 6.26. The molecule has 1 aromatic rings. The second-order valence-electron chi connectivity index (χ2n) is 4.53.